The summed E-state index contributed by atoms with van der Waals surface area (Å²) >= 11 is 0. The fraction of sp³-hybridized carbons (Fsp3) is 1.00. The molecule has 0 aromatic heterocycles. The molecule has 0 aliphatic rings. The molecular formula is C16H35O3P. The smallest absolute Gasteiger partial charge is 0.324 e. The molecule has 3 nitrogen and oxygen atoms in total. The van der Waals surface area contributed by atoms with Crippen molar-refractivity contribution in [1.29, 1.82) is 0 Å². The van der Waals surface area contributed by atoms with E-state index < -0.39 is 13.3 Å². The highest BCUT2D eigenvalue weighted by atomic mass is 31.2. The second kappa shape index (κ2) is 11.8. The third kappa shape index (κ3) is 9.15. The van der Waals surface area contributed by atoms with Crippen LogP contribution in [0, 0.1) is 5.92 Å². The van der Waals surface area contributed by atoms with Crippen molar-refractivity contribution < 1.29 is 14.4 Å². The van der Waals surface area contributed by atoms with Gasteiger partial charge < -0.3 is 9.79 Å². The molecule has 0 aliphatic carbocycles. The van der Waals surface area contributed by atoms with Gasteiger partial charge in [-0.2, -0.15) is 0 Å². The summed E-state index contributed by atoms with van der Waals surface area (Å²) in [5, 5.41) is 0. The largest absolute Gasteiger partial charge is 0.328 e. The zero-order valence-corrected chi connectivity index (χ0v) is 14.6. The molecule has 0 aromatic carbocycles. The second-order valence-corrected chi connectivity index (χ2v) is 7.86. The second-order valence-electron chi connectivity index (χ2n) is 6.02. The molecule has 0 spiro atoms. The molecule has 0 saturated carbocycles. The molecule has 0 aromatic rings. The minimum atomic E-state index is -3.95. The Hall–Kier alpha value is 0.150. The summed E-state index contributed by atoms with van der Waals surface area (Å²) < 4.78 is 11.8. The zero-order valence-electron chi connectivity index (χ0n) is 13.7. The number of unbranched alkanes of at least 4 members (excludes halogenated alkanes) is 6. The Labute approximate surface area is 125 Å². The Balaban J connectivity index is 4.24. The quantitative estimate of drug-likeness (QED) is 0.349. The fourth-order valence-corrected chi connectivity index (χ4v) is 4.38. The van der Waals surface area contributed by atoms with Crippen molar-refractivity contribution in [2.75, 3.05) is 0 Å². The summed E-state index contributed by atoms with van der Waals surface area (Å²) in [5.41, 5.74) is -0.412. The molecule has 0 saturated heterocycles. The van der Waals surface area contributed by atoms with Crippen LogP contribution in [-0.2, 0) is 4.57 Å². The molecule has 4 heteroatoms. The van der Waals surface area contributed by atoms with E-state index in [1.807, 2.05) is 0 Å². The third-order valence-corrected chi connectivity index (χ3v) is 5.83. The molecule has 0 fully saturated rings. The van der Waals surface area contributed by atoms with Gasteiger partial charge in [0.15, 0.2) is 0 Å². The topological polar surface area (TPSA) is 57.5 Å². The molecular weight excluding hydrogens is 271 g/mol. The highest BCUT2D eigenvalue weighted by molar-refractivity contribution is 7.52. The van der Waals surface area contributed by atoms with Gasteiger partial charge in [0.1, 0.15) is 0 Å². The molecule has 2 unspecified atom stereocenters. The molecule has 0 aliphatic heterocycles. The van der Waals surface area contributed by atoms with E-state index in [2.05, 4.69) is 20.8 Å². The van der Waals surface area contributed by atoms with Crippen molar-refractivity contribution in [2.24, 2.45) is 5.92 Å². The predicted octanol–water partition coefficient (Wildman–Crippen LogP) is 5.50. The van der Waals surface area contributed by atoms with E-state index in [1.165, 1.54) is 25.7 Å². The lowest BCUT2D eigenvalue weighted by Gasteiger charge is -2.27. The third-order valence-electron chi connectivity index (χ3n) is 4.28. The van der Waals surface area contributed by atoms with Gasteiger partial charge >= 0.3 is 7.60 Å². The lowest BCUT2D eigenvalue weighted by Crippen LogP contribution is -2.20. The highest BCUT2D eigenvalue weighted by Crippen LogP contribution is 2.49. The highest BCUT2D eigenvalue weighted by Gasteiger charge is 2.34. The SMILES string of the molecule is CCCCCCCCC(C(CC)CCCC)P(=O)(O)O. The van der Waals surface area contributed by atoms with Crippen molar-refractivity contribution in [3.05, 3.63) is 0 Å². The van der Waals surface area contributed by atoms with Gasteiger partial charge in [0.05, 0.1) is 5.66 Å². The van der Waals surface area contributed by atoms with Crippen molar-refractivity contribution >= 4 is 7.60 Å². The lowest BCUT2D eigenvalue weighted by atomic mass is 9.92. The number of rotatable bonds is 13. The average Bonchev–Trinajstić information content (AvgIpc) is 2.39. The Morgan fingerprint density at radius 1 is 0.800 bits per heavy atom. The first-order valence-corrected chi connectivity index (χ1v) is 10.2. The van der Waals surface area contributed by atoms with Crippen molar-refractivity contribution in [3.63, 3.8) is 0 Å². The summed E-state index contributed by atoms with van der Waals surface area (Å²) in [4.78, 5) is 19.3. The van der Waals surface area contributed by atoms with E-state index in [0.29, 0.717) is 6.42 Å². The zero-order chi connectivity index (χ0) is 15.4. The lowest BCUT2D eigenvalue weighted by molar-refractivity contribution is 0.308. The molecule has 0 radical (unpaired) electrons. The van der Waals surface area contributed by atoms with Crippen LogP contribution in [0.3, 0.4) is 0 Å². The number of hydrogen-bond donors (Lipinski definition) is 2. The van der Waals surface area contributed by atoms with Gasteiger partial charge in [-0.1, -0.05) is 78.6 Å². The Morgan fingerprint density at radius 2 is 1.35 bits per heavy atom. The van der Waals surface area contributed by atoms with Crippen LogP contribution in [-0.4, -0.2) is 15.4 Å². The van der Waals surface area contributed by atoms with Gasteiger partial charge in [0, 0.05) is 0 Å². The van der Waals surface area contributed by atoms with Gasteiger partial charge in [0.2, 0.25) is 0 Å². The first-order chi connectivity index (χ1) is 9.47. The summed E-state index contributed by atoms with van der Waals surface area (Å²) in [6.07, 6.45) is 11.7. The van der Waals surface area contributed by atoms with Crippen LogP contribution in [0.15, 0.2) is 0 Å². The first-order valence-electron chi connectivity index (χ1n) is 8.52. The maximum atomic E-state index is 11.8. The van der Waals surface area contributed by atoms with Crippen LogP contribution < -0.4 is 0 Å². The minimum Gasteiger partial charge on any atom is -0.324 e. The van der Waals surface area contributed by atoms with Gasteiger partial charge in [-0.3, -0.25) is 4.57 Å². The van der Waals surface area contributed by atoms with E-state index >= 15 is 0 Å². The van der Waals surface area contributed by atoms with Crippen LogP contribution >= 0.6 is 7.60 Å². The van der Waals surface area contributed by atoms with Crippen LogP contribution in [0.1, 0.15) is 91.4 Å². The maximum Gasteiger partial charge on any atom is 0.328 e. The Kier molecular flexibility index (Phi) is 11.9. The fourth-order valence-electron chi connectivity index (χ4n) is 2.95. The van der Waals surface area contributed by atoms with Crippen LogP contribution in [0.2, 0.25) is 0 Å². The van der Waals surface area contributed by atoms with Gasteiger partial charge in [-0.15, -0.1) is 0 Å². The van der Waals surface area contributed by atoms with Crippen LogP contribution in [0.4, 0.5) is 0 Å². The summed E-state index contributed by atoms with van der Waals surface area (Å²) in [6, 6.07) is 0. The molecule has 2 N–H and O–H groups in total. The molecule has 0 amide bonds. The first kappa shape index (κ1) is 20.1. The molecule has 0 bridgehead atoms. The maximum absolute atomic E-state index is 11.8. The van der Waals surface area contributed by atoms with E-state index in [-0.39, 0.29) is 5.92 Å². The molecule has 122 valence electrons. The summed E-state index contributed by atoms with van der Waals surface area (Å²) in [6.45, 7) is 6.39. The van der Waals surface area contributed by atoms with Gasteiger partial charge in [-0.05, 0) is 18.8 Å². The van der Waals surface area contributed by atoms with E-state index in [1.54, 1.807) is 0 Å². The summed E-state index contributed by atoms with van der Waals surface area (Å²) in [5.74, 6) is 0.187. The van der Waals surface area contributed by atoms with E-state index in [4.69, 9.17) is 0 Å². The molecule has 2 atom stereocenters. The minimum absolute atomic E-state index is 0.187. The predicted molar refractivity (Wildman–Crippen MR) is 87.1 cm³/mol. The van der Waals surface area contributed by atoms with Crippen molar-refractivity contribution in [2.45, 2.75) is 97.1 Å². The van der Waals surface area contributed by atoms with Crippen LogP contribution in [0.5, 0.6) is 0 Å². The Bertz CT molecular complexity index is 262. The van der Waals surface area contributed by atoms with Gasteiger partial charge in [-0.25, -0.2) is 0 Å². The normalized spacial score (nSPS) is 15.2. The van der Waals surface area contributed by atoms with Crippen LogP contribution in [0.25, 0.3) is 0 Å². The van der Waals surface area contributed by atoms with E-state index in [0.717, 1.165) is 38.5 Å². The molecule has 0 heterocycles. The number of hydrogen-bond acceptors (Lipinski definition) is 1. The average molecular weight is 306 g/mol. The monoisotopic (exact) mass is 306 g/mol. The Morgan fingerprint density at radius 3 is 1.85 bits per heavy atom. The molecule has 20 heavy (non-hydrogen) atoms. The standard InChI is InChI=1S/C16H35O3P/c1-4-7-9-10-11-12-14-16(20(17,18)19)15(6-3)13-8-5-2/h15-16H,4-14H2,1-3H3,(H2,17,18,19). The van der Waals surface area contributed by atoms with Crippen molar-refractivity contribution in [1.82, 2.24) is 0 Å². The van der Waals surface area contributed by atoms with Crippen molar-refractivity contribution in [3.8, 4) is 0 Å². The van der Waals surface area contributed by atoms with Gasteiger partial charge in [0.25, 0.3) is 0 Å². The summed E-state index contributed by atoms with van der Waals surface area (Å²) in [7, 11) is -3.95. The molecule has 0 rings (SSSR count). The van der Waals surface area contributed by atoms with E-state index in [9.17, 15) is 14.4 Å².